The van der Waals surface area contributed by atoms with Gasteiger partial charge in [-0.2, -0.15) is 0 Å². The second-order valence-electron chi connectivity index (χ2n) is 4.41. The maximum atomic E-state index is 9.69. The number of para-hydroxylation sites is 1. The van der Waals surface area contributed by atoms with Gasteiger partial charge in [0.1, 0.15) is 11.5 Å². The maximum absolute atomic E-state index is 9.69. The monoisotopic (exact) mass is 257 g/mol. The van der Waals surface area contributed by atoms with Crippen molar-refractivity contribution < 1.29 is 9.84 Å². The smallest absolute Gasteiger partial charge is 0.145 e. The fourth-order valence-corrected chi connectivity index (χ4v) is 1.88. The zero-order valence-corrected chi connectivity index (χ0v) is 11.3. The second kappa shape index (κ2) is 6.34. The molecule has 1 aromatic carbocycles. The Hall–Kier alpha value is -1.87. The van der Waals surface area contributed by atoms with E-state index in [9.17, 15) is 5.11 Å². The van der Waals surface area contributed by atoms with Gasteiger partial charge in [-0.25, -0.2) is 0 Å². The number of hydrogen-bond acceptors (Lipinski definition) is 3. The highest BCUT2D eigenvalue weighted by atomic mass is 16.5. The summed E-state index contributed by atoms with van der Waals surface area (Å²) in [5.41, 5.74) is 1.85. The number of aliphatic hydroxyl groups excluding tert-OH is 1. The molecule has 0 bridgehead atoms. The standard InChI is InChI=1S/C16H19NO2/c1-3-12-7-5-6-8-16(12)19-13-9-10-14(17-11-13)15(18)4-2/h5-11,15,18H,3-4H2,1-2H3. The average molecular weight is 257 g/mol. The number of aromatic nitrogens is 1. The summed E-state index contributed by atoms with van der Waals surface area (Å²) in [5, 5.41) is 9.69. The van der Waals surface area contributed by atoms with Crippen LogP contribution in [0.1, 0.15) is 37.6 Å². The number of aryl methyl sites for hydroxylation is 1. The number of hydrogen-bond donors (Lipinski definition) is 1. The molecular formula is C16H19NO2. The first-order chi connectivity index (χ1) is 9.24. The largest absolute Gasteiger partial charge is 0.455 e. The molecule has 3 heteroatoms. The van der Waals surface area contributed by atoms with Gasteiger partial charge in [0.2, 0.25) is 0 Å². The van der Waals surface area contributed by atoms with Gasteiger partial charge in [0.15, 0.2) is 0 Å². The molecule has 0 spiro atoms. The Labute approximate surface area is 113 Å². The molecule has 1 atom stereocenters. The van der Waals surface area contributed by atoms with E-state index in [0.29, 0.717) is 17.9 Å². The first-order valence-corrected chi connectivity index (χ1v) is 6.64. The topological polar surface area (TPSA) is 42.4 Å². The lowest BCUT2D eigenvalue weighted by Crippen LogP contribution is -1.98. The Morgan fingerprint density at radius 2 is 1.95 bits per heavy atom. The molecule has 2 aromatic rings. The van der Waals surface area contributed by atoms with Crippen molar-refractivity contribution in [2.24, 2.45) is 0 Å². The van der Waals surface area contributed by atoms with Crippen molar-refractivity contribution in [3.63, 3.8) is 0 Å². The number of benzene rings is 1. The summed E-state index contributed by atoms with van der Waals surface area (Å²) >= 11 is 0. The summed E-state index contributed by atoms with van der Waals surface area (Å²) in [6, 6.07) is 11.6. The number of pyridine rings is 1. The van der Waals surface area contributed by atoms with Crippen LogP contribution in [0.4, 0.5) is 0 Å². The molecule has 3 nitrogen and oxygen atoms in total. The predicted octanol–water partition coefficient (Wildman–Crippen LogP) is 3.88. The van der Waals surface area contributed by atoms with Crippen LogP contribution in [0.25, 0.3) is 0 Å². The van der Waals surface area contributed by atoms with Crippen LogP contribution in [0.15, 0.2) is 42.6 Å². The number of aliphatic hydroxyl groups is 1. The molecule has 0 aliphatic heterocycles. The van der Waals surface area contributed by atoms with Gasteiger partial charge in [-0.15, -0.1) is 0 Å². The molecule has 100 valence electrons. The molecule has 1 heterocycles. The van der Waals surface area contributed by atoms with Crippen LogP contribution in [0.3, 0.4) is 0 Å². The minimum absolute atomic E-state index is 0.503. The van der Waals surface area contributed by atoms with Gasteiger partial charge in [0, 0.05) is 0 Å². The van der Waals surface area contributed by atoms with Crippen LogP contribution in [0.2, 0.25) is 0 Å². The van der Waals surface area contributed by atoms with Crippen molar-refractivity contribution >= 4 is 0 Å². The molecule has 0 amide bonds. The summed E-state index contributed by atoms with van der Waals surface area (Å²) in [5.74, 6) is 1.54. The van der Waals surface area contributed by atoms with E-state index in [-0.39, 0.29) is 0 Å². The highest BCUT2D eigenvalue weighted by molar-refractivity contribution is 5.37. The summed E-state index contributed by atoms with van der Waals surface area (Å²) in [6.45, 7) is 4.02. The molecule has 0 radical (unpaired) electrons. The molecule has 0 aliphatic rings. The third-order valence-corrected chi connectivity index (χ3v) is 3.07. The van der Waals surface area contributed by atoms with E-state index in [1.807, 2.05) is 31.2 Å². The van der Waals surface area contributed by atoms with Gasteiger partial charge in [-0.05, 0) is 36.6 Å². The molecule has 2 rings (SSSR count). The van der Waals surface area contributed by atoms with Gasteiger partial charge >= 0.3 is 0 Å². The summed E-state index contributed by atoms with van der Waals surface area (Å²) in [7, 11) is 0. The van der Waals surface area contributed by atoms with Crippen LogP contribution in [0.5, 0.6) is 11.5 Å². The third-order valence-electron chi connectivity index (χ3n) is 3.07. The van der Waals surface area contributed by atoms with E-state index in [1.165, 1.54) is 5.56 Å². The quantitative estimate of drug-likeness (QED) is 0.883. The zero-order chi connectivity index (χ0) is 13.7. The van der Waals surface area contributed by atoms with Crippen molar-refractivity contribution in [3.05, 3.63) is 53.9 Å². The molecule has 1 aromatic heterocycles. The van der Waals surface area contributed by atoms with Gasteiger partial charge in [0.05, 0.1) is 18.0 Å². The van der Waals surface area contributed by atoms with Crippen LogP contribution in [-0.4, -0.2) is 10.1 Å². The molecule has 1 N–H and O–H groups in total. The summed E-state index contributed by atoms with van der Waals surface area (Å²) in [4.78, 5) is 4.23. The SMILES string of the molecule is CCc1ccccc1Oc1ccc(C(O)CC)nc1. The van der Waals surface area contributed by atoms with E-state index in [2.05, 4.69) is 18.0 Å². The highest BCUT2D eigenvalue weighted by Gasteiger charge is 2.07. The lowest BCUT2D eigenvalue weighted by Gasteiger charge is -2.11. The van der Waals surface area contributed by atoms with Crippen molar-refractivity contribution in [1.29, 1.82) is 0 Å². The molecule has 19 heavy (non-hydrogen) atoms. The van der Waals surface area contributed by atoms with Crippen molar-refractivity contribution in [1.82, 2.24) is 4.98 Å². The Morgan fingerprint density at radius 3 is 2.58 bits per heavy atom. The predicted molar refractivity (Wildman–Crippen MR) is 75.4 cm³/mol. The second-order valence-corrected chi connectivity index (χ2v) is 4.41. The number of ether oxygens (including phenoxy) is 1. The Bertz CT molecular complexity index is 523. The molecule has 1 unspecified atom stereocenters. The maximum Gasteiger partial charge on any atom is 0.145 e. The van der Waals surface area contributed by atoms with Crippen LogP contribution in [-0.2, 0) is 6.42 Å². The lowest BCUT2D eigenvalue weighted by molar-refractivity contribution is 0.169. The fraction of sp³-hybridized carbons (Fsp3) is 0.312. The van der Waals surface area contributed by atoms with E-state index in [0.717, 1.165) is 12.2 Å². The first-order valence-electron chi connectivity index (χ1n) is 6.64. The molecule has 0 aliphatic carbocycles. The van der Waals surface area contributed by atoms with E-state index in [1.54, 1.807) is 12.3 Å². The van der Waals surface area contributed by atoms with E-state index >= 15 is 0 Å². The minimum Gasteiger partial charge on any atom is -0.455 e. The van der Waals surface area contributed by atoms with E-state index < -0.39 is 6.10 Å². The van der Waals surface area contributed by atoms with Gasteiger partial charge in [-0.1, -0.05) is 32.0 Å². The zero-order valence-electron chi connectivity index (χ0n) is 11.3. The van der Waals surface area contributed by atoms with Crippen molar-refractivity contribution in [2.75, 3.05) is 0 Å². The number of nitrogens with zero attached hydrogens (tertiary/aromatic N) is 1. The highest BCUT2D eigenvalue weighted by Crippen LogP contribution is 2.26. The van der Waals surface area contributed by atoms with E-state index in [4.69, 9.17) is 4.74 Å². The normalized spacial score (nSPS) is 12.2. The molecule has 0 fully saturated rings. The van der Waals surface area contributed by atoms with Crippen LogP contribution in [0, 0.1) is 0 Å². The number of rotatable bonds is 5. The van der Waals surface area contributed by atoms with Gasteiger partial charge in [0.25, 0.3) is 0 Å². The molecule has 0 saturated heterocycles. The van der Waals surface area contributed by atoms with Gasteiger partial charge in [-0.3, -0.25) is 4.98 Å². The van der Waals surface area contributed by atoms with Gasteiger partial charge < -0.3 is 9.84 Å². The third kappa shape index (κ3) is 3.32. The van der Waals surface area contributed by atoms with Crippen LogP contribution >= 0.6 is 0 Å². The Morgan fingerprint density at radius 1 is 1.16 bits per heavy atom. The average Bonchev–Trinajstić information content (AvgIpc) is 2.48. The lowest BCUT2D eigenvalue weighted by atomic mass is 10.1. The first kappa shape index (κ1) is 13.6. The minimum atomic E-state index is -0.503. The van der Waals surface area contributed by atoms with Crippen LogP contribution < -0.4 is 4.74 Å². The van der Waals surface area contributed by atoms with Crippen molar-refractivity contribution in [2.45, 2.75) is 32.8 Å². The Balaban J connectivity index is 2.15. The Kier molecular flexibility index (Phi) is 4.53. The fourth-order valence-electron chi connectivity index (χ4n) is 1.88. The molecule has 0 saturated carbocycles. The van der Waals surface area contributed by atoms with Crippen molar-refractivity contribution in [3.8, 4) is 11.5 Å². The summed E-state index contributed by atoms with van der Waals surface area (Å²) < 4.78 is 5.82. The molecular weight excluding hydrogens is 238 g/mol. The summed E-state index contributed by atoms with van der Waals surface area (Å²) in [6.07, 6.45) is 2.74.